The molecule has 1 saturated carbocycles. The molecule has 2 nitrogen and oxygen atoms in total. The molecule has 1 heterocycles. The molecule has 0 unspecified atom stereocenters. The highest BCUT2D eigenvalue weighted by Crippen LogP contribution is 2.31. The number of benzene rings is 1. The minimum atomic E-state index is 0.997. The minimum absolute atomic E-state index is 0.997. The number of rotatable bonds is 3. The molecule has 0 radical (unpaired) electrons. The highest BCUT2D eigenvalue weighted by molar-refractivity contribution is 5.71. The van der Waals surface area contributed by atoms with Gasteiger partial charge in [-0.05, 0) is 24.5 Å². The van der Waals surface area contributed by atoms with Gasteiger partial charge in [0.2, 0.25) is 0 Å². The summed E-state index contributed by atoms with van der Waals surface area (Å²) >= 11 is 0. The van der Waals surface area contributed by atoms with Crippen LogP contribution in [0.3, 0.4) is 0 Å². The second kappa shape index (κ2) is 4.99. The van der Waals surface area contributed by atoms with E-state index < -0.39 is 0 Å². The molecule has 0 atom stereocenters. The van der Waals surface area contributed by atoms with Gasteiger partial charge < -0.3 is 10.2 Å². The summed E-state index contributed by atoms with van der Waals surface area (Å²) in [5, 5.41) is 3.48. The van der Waals surface area contributed by atoms with Gasteiger partial charge in [-0.2, -0.15) is 0 Å². The third-order valence-corrected chi connectivity index (χ3v) is 4.22. The van der Waals surface area contributed by atoms with E-state index in [9.17, 15) is 0 Å². The molecule has 0 amide bonds. The third kappa shape index (κ3) is 2.41. The average Bonchev–Trinajstić information content (AvgIpc) is 2.89. The predicted molar refractivity (Wildman–Crippen MR) is 73.7 cm³/mol. The van der Waals surface area contributed by atoms with E-state index in [1.165, 1.54) is 50.0 Å². The molecule has 0 bridgehead atoms. The molecular formula is C15H22N2. The summed E-state index contributed by atoms with van der Waals surface area (Å²) < 4.78 is 0. The average molecular weight is 230 g/mol. The fourth-order valence-corrected chi connectivity index (χ4v) is 3.21. The first-order chi connectivity index (χ1) is 8.43. The second-order valence-electron chi connectivity index (χ2n) is 5.37. The first-order valence-electron chi connectivity index (χ1n) is 7.01. The van der Waals surface area contributed by atoms with Crippen LogP contribution in [0.5, 0.6) is 0 Å². The lowest BCUT2D eigenvalue weighted by atomic mass is 10.0. The number of hydrogen-bond donors (Lipinski definition) is 1. The van der Waals surface area contributed by atoms with Crippen molar-refractivity contribution in [2.24, 2.45) is 5.92 Å². The minimum Gasteiger partial charge on any atom is -0.382 e. The van der Waals surface area contributed by atoms with E-state index in [0.29, 0.717) is 0 Å². The van der Waals surface area contributed by atoms with E-state index >= 15 is 0 Å². The van der Waals surface area contributed by atoms with Gasteiger partial charge in [-0.3, -0.25) is 0 Å². The van der Waals surface area contributed by atoms with E-state index in [1.807, 2.05) is 0 Å². The lowest BCUT2D eigenvalue weighted by Crippen LogP contribution is -2.35. The molecule has 17 heavy (non-hydrogen) atoms. The summed E-state index contributed by atoms with van der Waals surface area (Å²) in [6.07, 6.45) is 7.24. The summed E-state index contributed by atoms with van der Waals surface area (Å²) in [6.45, 7) is 3.48. The van der Waals surface area contributed by atoms with Gasteiger partial charge in [-0.15, -0.1) is 0 Å². The van der Waals surface area contributed by atoms with Crippen LogP contribution >= 0.6 is 0 Å². The van der Waals surface area contributed by atoms with Crippen LogP contribution in [0, 0.1) is 5.92 Å². The standard InChI is InChI=1S/C15H22N2/c1-2-6-13(5-1)9-11-17-12-10-16-14-7-3-4-8-15(14)17/h3-4,7-8,13,16H,1-2,5-6,9-12H2. The molecule has 1 fully saturated rings. The predicted octanol–water partition coefficient (Wildman–Crippen LogP) is 3.50. The van der Waals surface area contributed by atoms with Crippen LogP contribution in [0.2, 0.25) is 0 Å². The summed E-state index contributed by atoms with van der Waals surface area (Å²) in [5.41, 5.74) is 2.71. The van der Waals surface area contributed by atoms with Crippen molar-refractivity contribution < 1.29 is 0 Å². The zero-order valence-corrected chi connectivity index (χ0v) is 10.5. The van der Waals surface area contributed by atoms with E-state index in [-0.39, 0.29) is 0 Å². The Kier molecular flexibility index (Phi) is 3.21. The Labute approximate surface area is 104 Å². The topological polar surface area (TPSA) is 15.3 Å². The van der Waals surface area contributed by atoms with Crippen molar-refractivity contribution in [1.82, 2.24) is 0 Å². The van der Waals surface area contributed by atoms with E-state index in [0.717, 1.165) is 19.0 Å². The molecular weight excluding hydrogens is 208 g/mol. The SMILES string of the molecule is c1ccc2c(c1)NCCN2CCC1CCCC1. The maximum absolute atomic E-state index is 3.48. The number of anilines is 2. The van der Waals surface area contributed by atoms with Crippen LogP contribution in [0.1, 0.15) is 32.1 Å². The summed E-state index contributed by atoms with van der Waals surface area (Å²) in [6, 6.07) is 8.70. The molecule has 1 aliphatic heterocycles. The Hall–Kier alpha value is -1.18. The van der Waals surface area contributed by atoms with Gasteiger partial charge in [-0.25, -0.2) is 0 Å². The molecule has 1 aromatic rings. The van der Waals surface area contributed by atoms with Crippen molar-refractivity contribution in [3.63, 3.8) is 0 Å². The molecule has 92 valence electrons. The lowest BCUT2D eigenvalue weighted by molar-refractivity contribution is 0.499. The number of para-hydroxylation sites is 2. The van der Waals surface area contributed by atoms with Gasteiger partial charge in [0.1, 0.15) is 0 Å². The van der Waals surface area contributed by atoms with Gasteiger partial charge in [0.15, 0.2) is 0 Å². The van der Waals surface area contributed by atoms with E-state index in [4.69, 9.17) is 0 Å². The number of fused-ring (bicyclic) bond motifs is 1. The molecule has 2 aliphatic rings. The third-order valence-electron chi connectivity index (χ3n) is 4.22. The second-order valence-corrected chi connectivity index (χ2v) is 5.37. The van der Waals surface area contributed by atoms with Crippen molar-refractivity contribution in [2.45, 2.75) is 32.1 Å². The monoisotopic (exact) mass is 230 g/mol. The first-order valence-corrected chi connectivity index (χ1v) is 7.01. The van der Waals surface area contributed by atoms with Crippen molar-refractivity contribution >= 4 is 11.4 Å². The van der Waals surface area contributed by atoms with Crippen LogP contribution in [0.4, 0.5) is 11.4 Å². The van der Waals surface area contributed by atoms with Crippen molar-refractivity contribution in [3.8, 4) is 0 Å². The molecule has 0 aromatic heterocycles. The normalized spacial score (nSPS) is 20.1. The summed E-state index contributed by atoms with van der Waals surface area (Å²) in [5.74, 6) is 0.997. The van der Waals surface area contributed by atoms with Gasteiger partial charge in [0.05, 0.1) is 11.4 Å². The van der Waals surface area contributed by atoms with E-state index in [2.05, 4.69) is 34.5 Å². The van der Waals surface area contributed by atoms with Gasteiger partial charge in [0, 0.05) is 19.6 Å². The maximum Gasteiger partial charge on any atom is 0.0602 e. The Balaban J connectivity index is 1.64. The Morgan fingerprint density at radius 3 is 2.88 bits per heavy atom. The molecule has 1 aliphatic carbocycles. The molecule has 0 saturated heterocycles. The first kappa shape index (κ1) is 10.9. The number of nitrogens with zero attached hydrogens (tertiary/aromatic N) is 1. The number of nitrogens with one attached hydrogen (secondary N) is 1. The molecule has 0 spiro atoms. The van der Waals surface area contributed by atoms with Gasteiger partial charge in [-0.1, -0.05) is 37.8 Å². The zero-order valence-electron chi connectivity index (χ0n) is 10.5. The quantitative estimate of drug-likeness (QED) is 0.855. The van der Waals surface area contributed by atoms with Crippen LogP contribution < -0.4 is 10.2 Å². The smallest absolute Gasteiger partial charge is 0.0602 e. The number of hydrogen-bond acceptors (Lipinski definition) is 2. The van der Waals surface area contributed by atoms with Crippen LogP contribution in [0.15, 0.2) is 24.3 Å². The van der Waals surface area contributed by atoms with Gasteiger partial charge in [0.25, 0.3) is 0 Å². The zero-order chi connectivity index (χ0) is 11.5. The molecule has 1 N–H and O–H groups in total. The maximum atomic E-state index is 3.48. The Morgan fingerprint density at radius 1 is 1.18 bits per heavy atom. The molecule has 1 aromatic carbocycles. The van der Waals surface area contributed by atoms with Crippen molar-refractivity contribution in [1.29, 1.82) is 0 Å². The Bertz CT molecular complexity index is 369. The fraction of sp³-hybridized carbons (Fsp3) is 0.600. The van der Waals surface area contributed by atoms with Crippen LogP contribution in [-0.4, -0.2) is 19.6 Å². The summed E-state index contributed by atoms with van der Waals surface area (Å²) in [4.78, 5) is 2.56. The van der Waals surface area contributed by atoms with Crippen LogP contribution in [-0.2, 0) is 0 Å². The Morgan fingerprint density at radius 2 is 2.00 bits per heavy atom. The van der Waals surface area contributed by atoms with Gasteiger partial charge >= 0.3 is 0 Å². The van der Waals surface area contributed by atoms with Crippen LogP contribution in [0.25, 0.3) is 0 Å². The largest absolute Gasteiger partial charge is 0.382 e. The lowest BCUT2D eigenvalue weighted by Gasteiger charge is -2.32. The fourth-order valence-electron chi connectivity index (χ4n) is 3.21. The van der Waals surface area contributed by atoms with Crippen molar-refractivity contribution in [3.05, 3.63) is 24.3 Å². The highest BCUT2D eigenvalue weighted by Gasteiger charge is 2.19. The highest BCUT2D eigenvalue weighted by atomic mass is 15.2. The summed E-state index contributed by atoms with van der Waals surface area (Å²) in [7, 11) is 0. The molecule has 2 heteroatoms. The molecule has 3 rings (SSSR count). The van der Waals surface area contributed by atoms with E-state index in [1.54, 1.807) is 0 Å². The van der Waals surface area contributed by atoms with Crippen molar-refractivity contribution in [2.75, 3.05) is 29.9 Å².